The molecule has 0 aliphatic heterocycles. The Morgan fingerprint density at radius 1 is 1.05 bits per heavy atom. The van der Waals surface area contributed by atoms with Gasteiger partial charge >= 0.3 is 0 Å². The number of H-pyrrole nitrogens is 1. The molecule has 3 aromatic rings. The quantitative estimate of drug-likeness (QED) is 0.722. The van der Waals surface area contributed by atoms with Crippen molar-refractivity contribution in [2.75, 3.05) is 0 Å². The van der Waals surface area contributed by atoms with E-state index in [1.165, 1.54) is 6.07 Å². The maximum atomic E-state index is 11.4. The number of aryl methyl sites for hydroxylation is 3. The van der Waals surface area contributed by atoms with E-state index in [2.05, 4.69) is 15.2 Å². The fourth-order valence-corrected chi connectivity index (χ4v) is 2.40. The van der Waals surface area contributed by atoms with Gasteiger partial charge in [-0.1, -0.05) is 0 Å². The van der Waals surface area contributed by atoms with Gasteiger partial charge in [-0.05, 0) is 44.5 Å². The third kappa shape index (κ3) is 1.83. The molecular formula is C14H14N4O. The lowest BCUT2D eigenvalue weighted by molar-refractivity contribution is 0.938. The fraction of sp³-hybridized carbons (Fsp3) is 0.214. The second-order valence-corrected chi connectivity index (χ2v) is 4.68. The van der Waals surface area contributed by atoms with Crippen LogP contribution in [-0.4, -0.2) is 19.7 Å². The van der Waals surface area contributed by atoms with Crippen molar-refractivity contribution in [1.82, 2.24) is 19.7 Å². The molecule has 0 spiro atoms. The molecule has 0 aliphatic rings. The Morgan fingerprint density at radius 2 is 1.74 bits per heavy atom. The third-order valence-corrected chi connectivity index (χ3v) is 3.26. The molecule has 0 fully saturated rings. The third-order valence-electron chi connectivity index (χ3n) is 3.26. The highest BCUT2D eigenvalue weighted by atomic mass is 16.1. The molecule has 19 heavy (non-hydrogen) atoms. The summed E-state index contributed by atoms with van der Waals surface area (Å²) >= 11 is 0. The second-order valence-electron chi connectivity index (χ2n) is 4.68. The van der Waals surface area contributed by atoms with Crippen molar-refractivity contribution in [3.63, 3.8) is 0 Å². The first-order valence-electron chi connectivity index (χ1n) is 6.09. The van der Waals surface area contributed by atoms with E-state index in [1.54, 1.807) is 0 Å². The Kier molecular flexibility index (Phi) is 2.48. The molecule has 0 saturated heterocycles. The number of hydrogen-bond donors (Lipinski definition) is 1. The summed E-state index contributed by atoms with van der Waals surface area (Å²) in [5.74, 6) is 1.70. The molecule has 1 aromatic carbocycles. The number of benzene rings is 1. The summed E-state index contributed by atoms with van der Waals surface area (Å²) in [6, 6.07) is 7.43. The van der Waals surface area contributed by atoms with Gasteiger partial charge in [-0.15, -0.1) is 10.2 Å². The topological polar surface area (TPSA) is 63.6 Å². The standard InChI is InChI=1S/C14H14N4O/c1-8-6-12(18-9(2)16-17-10(18)3)7-11-4-5-13(19)15-14(8)11/h4-7H,1-3H3,(H,15,19). The Morgan fingerprint density at radius 3 is 2.42 bits per heavy atom. The number of aromatic amines is 1. The van der Waals surface area contributed by atoms with E-state index in [-0.39, 0.29) is 5.56 Å². The van der Waals surface area contributed by atoms with Gasteiger partial charge in [-0.25, -0.2) is 0 Å². The van der Waals surface area contributed by atoms with Crippen LogP contribution in [0.15, 0.2) is 29.1 Å². The molecule has 1 N–H and O–H groups in total. The van der Waals surface area contributed by atoms with Crippen molar-refractivity contribution in [3.8, 4) is 5.69 Å². The summed E-state index contributed by atoms with van der Waals surface area (Å²) < 4.78 is 2.00. The highest BCUT2D eigenvalue weighted by Gasteiger charge is 2.09. The van der Waals surface area contributed by atoms with Gasteiger partial charge in [0.15, 0.2) is 0 Å². The average Bonchev–Trinajstić information content (AvgIpc) is 2.70. The summed E-state index contributed by atoms with van der Waals surface area (Å²) in [7, 11) is 0. The molecular weight excluding hydrogens is 240 g/mol. The first-order chi connectivity index (χ1) is 9.06. The number of hydrogen-bond acceptors (Lipinski definition) is 3. The normalized spacial score (nSPS) is 11.1. The van der Waals surface area contributed by atoms with Crippen LogP contribution in [0.4, 0.5) is 0 Å². The van der Waals surface area contributed by atoms with Crippen molar-refractivity contribution in [2.24, 2.45) is 0 Å². The van der Waals surface area contributed by atoms with E-state index in [0.717, 1.165) is 33.8 Å². The fourth-order valence-electron chi connectivity index (χ4n) is 2.40. The van der Waals surface area contributed by atoms with E-state index in [1.807, 2.05) is 43.5 Å². The maximum Gasteiger partial charge on any atom is 0.248 e. The van der Waals surface area contributed by atoms with E-state index in [0.29, 0.717) is 0 Å². The zero-order chi connectivity index (χ0) is 13.6. The number of aromatic nitrogens is 4. The van der Waals surface area contributed by atoms with E-state index >= 15 is 0 Å². The summed E-state index contributed by atoms with van der Waals surface area (Å²) in [4.78, 5) is 14.2. The van der Waals surface area contributed by atoms with Crippen LogP contribution in [0.2, 0.25) is 0 Å². The van der Waals surface area contributed by atoms with Crippen molar-refractivity contribution >= 4 is 10.9 Å². The molecule has 96 valence electrons. The number of fused-ring (bicyclic) bond motifs is 1. The summed E-state index contributed by atoms with van der Waals surface area (Å²) in [5, 5.41) is 9.15. The zero-order valence-corrected chi connectivity index (χ0v) is 11.1. The first-order valence-corrected chi connectivity index (χ1v) is 6.09. The van der Waals surface area contributed by atoms with Gasteiger partial charge in [-0.3, -0.25) is 9.36 Å². The molecule has 5 nitrogen and oxygen atoms in total. The Hall–Kier alpha value is -2.43. The van der Waals surface area contributed by atoms with Crippen LogP contribution in [0.5, 0.6) is 0 Å². The van der Waals surface area contributed by atoms with E-state index in [9.17, 15) is 4.79 Å². The lowest BCUT2D eigenvalue weighted by Crippen LogP contribution is -2.05. The van der Waals surface area contributed by atoms with Gasteiger partial charge in [0.25, 0.3) is 0 Å². The second kappa shape index (κ2) is 4.05. The molecule has 5 heteroatoms. The smallest absolute Gasteiger partial charge is 0.248 e. The molecule has 0 saturated carbocycles. The Labute approximate surface area is 109 Å². The minimum absolute atomic E-state index is 0.0833. The van der Waals surface area contributed by atoms with Gasteiger partial charge in [0.05, 0.1) is 5.52 Å². The maximum absolute atomic E-state index is 11.4. The molecule has 2 heterocycles. The van der Waals surface area contributed by atoms with Gasteiger partial charge < -0.3 is 4.98 Å². The van der Waals surface area contributed by atoms with Gasteiger partial charge in [-0.2, -0.15) is 0 Å². The van der Waals surface area contributed by atoms with Crippen molar-refractivity contribution in [2.45, 2.75) is 20.8 Å². The monoisotopic (exact) mass is 254 g/mol. The summed E-state index contributed by atoms with van der Waals surface area (Å²) in [5.41, 5.74) is 2.83. The Balaban J connectivity index is 2.33. The number of nitrogens with zero attached hydrogens (tertiary/aromatic N) is 3. The molecule has 0 radical (unpaired) electrons. The van der Waals surface area contributed by atoms with Gasteiger partial charge in [0.2, 0.25) is 5.56 Å². The number of rotatable bonds is 1. The van der Waals surface area contributed by atoms with Crippen LogP contribution in [0.3, 0.4) is 0 Å². The summed E-state index contributed by atoms with van der Waals surface area (Å²) in [6.07, 6.45) is 0. The van der Waals surface area contributed by atoms with Crippen molar-refractivity contribution in [3.05, 3.63) is 51.8 Å². The van der Waals surface area contributed by atoms with Crippen molar-refractivity contribution < 1.29 is 0 Å². The Bertz CT molecular complexity index is 810. The molecule has 0 aliphatic carbocycles. The lowest BCUT2D eigenvalue weighted by Gasteiger charge is -2.10. The highest BCUT2D eigenvalue weighted by molar-refractivity contribution is 5.83. The molecule has 0 amide bonds. The van der Waals surface area contributed by atoms with Gasteiger partial charge in [0, 0.05) is 17.1 Å². The van der Waals surface area contributed by atoms with Crippen LogP contribution in [0.1, 0.15) is 17.2 Å². The lowest BCUT2D eigenvalue weighted by atomic mass is 10.1. The van der Waals surface area contributed by atoms with E-state index in [4.69, 9.17) is 0 Å². The zero-order valence-electron chi connectivity index (χ0n) is 11.1. The van der Waals surface area contributed by atoms with Gasteiger partial charge in [0.1, 0.15) is 11.6 Å². The van der Waals surface area contributed by atoms with Crippen LogP contribution < -0.4 is 5.56 Å². The van der Waals surface area contributed by atoms with E-state index < -0.39 is 0 Å². The summed E-state index contributed by atoms with van der Waals surface area (Å²) in [6.45, 7) is 5.83. The number of nitrogens with one attached hydrogen (secondary N) is 1. The molecule has 0 unspecified atom stereocenters. The van der Waals surface area contributed by atoms with Crippen LogP contribution in [0.25, 0.3) is 16.6 Å². The number of pyridine rings is 1. The highest BCUT2D eigenvalue weighted by Crippen LogP contribution is 2.21. The minimum atomic E-state index is -0.0833. The largest absolute Gasteiger partial charge is 0.322 e. The molecule has 0 atom stereocenters. The van der Waals surface area contributed by atoms with Crippen LogP contribution >= 0.6 is 0 Å². The van der Waals surface area contributed by atoms with Crippen LogP contribution in [0, 0.1) is 20.8 Å². The average molecular weight is 254 g/mol. The molecule has 3 rings (SSSR count). The first kappa shape index (κ1) is 11.6. The van der Waals surface area contributed by atoms with Crippen LogP contribution in [-0.2, 0) is 0 Å². The van der Waals surface area contributed by atoms with Crippen molar-refractivity contribution in [1.29, 1.82) is 0 Å². The SMILES string of the molecule is Cc1cc(-n2c(C)nnc2C)cc2ccc(=O)[nH]c12. The molecule has 0 bridgehead atoms. The minimum Gasteiger partial charge on any atom is -0.322 e. The molecule has 2 aromatic heterocycles. The predicted molar refractivity (Wildman–Crippen MR) is 73.7 cm³/mol. The predicted octanol–water partition coefficient (Wildman–Crippen LogP) is 2.03.